The van der Waals surface area contributed by atoms with Gasteiger partial charge in [0.15, 0.2) is 0 Å². The topological polar surface area (TPSA) is 70.1 Å². The Balaban J connectivity index is 1.71. The predicted octanol–water partition coefficient (Wildman–Crippen LogP) is 3.54. The van der Waals surface area contributed by atoms with Crippen molar-refractivity contribution < 1.29 is 4.79 Å². The minimum Gasteiger partial charge on any atom is -0.272 e. The molecule has 1 heterocycles. The molecular weight excluding hydrogens is 300 g/mol. The molecule has 24 heavy (non-hydrogen) atoms. The van der Waals surface area contributed by atoms with E-state index in [9.17, 15) is 4.79 Å². The maximum atomic E-state index is 12.2. The number of benzene rings is 2. The second-order valence-corrected chi connectivity index (χ2v) is 5.54. The quantitative estimate of drug-likeness (QED) is 0.570. The van der Waals surface area contributed by atoms with Crippen LogP contribution in [-0.2, 0) is 0 Å². The predicted molar refractivity (Wildman–Crippen MR) is 94.9 cm³/mol. The van der Waals surface area contributed by atoms with Crippen molar-refractivity contribution in [1.29, 1.82) is 0 Å². The summed E-state index contributed by atoms with van der Waals surface area (Å²) in [5, 5.41) is 11.1. The maximum Gasteiger partial charge on any atom is 0.289 e. The van der Waals surface area contributed by atoms with Crippen LogP contribution in [0.15, 0.2) is 65.8 Å². The smallest absolute Gasteiger partial charge is 0.272 e. The summed E-state index contributed by atoms with van der Waals surface area (Å²) < 4.78 is 0. The molecule has 2 N–H and O–H groups in total. The van der Waals surface area contributed by atoms with E-state index >= 15 is 0 Å². The molecule has 1 amide bonds. The number of hydrogen-bond acceptors (Lipinski definition) is 3. The Morgan fingerprint density at radius 2 is 1.79 bits per heavy atom. The third kappa shape index (κ3) is 3.57. The van der Waals surface area contributed by atoms with E-state index < -0.39 is 0 Å². The van der Waals surface area contributed by atoms with E-state index in [-0.39, 0.29) is 5.91 Å². The first-order valence-corrected chi connectivity index (χ1v) is 7.66. The zero-order chi connectivity index (χ0) is 16.9. The number of carbonyl (C=O) groups is 1. The van der Waals surface area contributed by atoms with Gasteiger partial charge >= 0.3 is 0 Å². The number of nitrogens with zero attached hydrogens (tertiary/aromatic N) is 2. The van der Waals surface area contributed by atoms with Gasteiger partial charge in [-0.15, -0.1) is 0 Å². The third-order valence-electron chi connectivity index (χ3n) is 3.69. The molecule has 0 saturated heterocycles. The molecule has 5 heteroatoms. The van der Waals surface area contributed by atoms with Crippen molar-refractivity contribution in [1.82, 2.24) is 15.6 Å². The summed E-state index contributed by atoms with van der Waals surface area (Å²) in [5.74, 6) is -0.323. The molecule has 120 valence electrons. The van der Waals surface area contributed by atoms with Crippen LogP contribution in [0.2, 0.25) is 0 Å². The molecule has 2 aromatic carbocycles. The van der Waals surface area contributed by atoms with Crippen molar-refractivity contribution in [2.24, 2.45) is 5.10 Å². The SMILES string of the molecule is C/C(=N\NC(=O)c1cc(-c2ccc(C)cc2)n[nH]1)c1ccccc1. The Labute approximate surface area is 140 Å². The molecule has 3 rings (SSSR count). The number of hydrazone groups is 1. The molecule has 0 aliphatic carbocycles. The van der Waals surface area contributed by atoms with Crippen LogP contribution in [0.5, 0.6) is 0 Å². The van der Waals surface area contributed by atoms with Gasteiger partial charge in [0.2, 0.25) is 0 Å². The first-order chi connectivity index (χ1) is 11.6. The summed E-state index contributed by atoms with van der Waals surface area (Å²) in [6, 6.07) is 19.4. The minimum atomic E-state index is -0.323. The van der Waals surface area contributed by atoms with Gasteiger partial charge in [0.1, 0.15) is 5.69 Å². The van der Waals surface area contributed by atoms with E-state index in [1.54, 1.807) is 6.07 Å². The molecule has 0 spiro atoms. The number of rotatable bonds is 4. The van der Waals surface area contributed by atoms with Crippen LogP contribution in [-0.4, -0.2) is 21.8 Å². The van der Waals surface area contributed by atoms with Crippen LogP contribution < -0.4 is 5.43 Å². The lowest BCUT2D eigenvalue weighted by Gasteiger charge is -2.01. The first-order valence-electron chi connectivity index (χ1n) is 7.66. The zero-order valence-corrected chi connectivity index (χ0v) is 13.6. The molecule has 3 aromatic rings. The molecule has 0 unspecified atom stereocenters. The van der Waals surface area contributed by atoms with E-state index in [0.29, 0.717) is 5.69 Å². The van der Waals surface area contributed by atoms with Crippen molar-refractivity contribution in [3.8, 4) is 11.3 Å². The Bertz CT molecular complexity index is 864. The number of nitrogens with one attached hydrogen (secondary N) is 2. The first kappa shape index (κ1) is 15.7. The summed E-state index contributed by atoms with van der Waals surface area (Å²) in [6.45, 7) is 3.88. The van der Waals surface area contributed by atoms with Crippen molar-refractivity contribution >= 4 is 11.6 Å². The highest BCUT2D eigenvalue weighted by Crippen LogP contribution is 2.18. The van der Waals surface area contributed by atoms with Crippen LogP contribution in [0.1, 0.15) is 28.5 Å². The van der Waals surface area contributed by atoms with Gasteiger partial charge in [0, 0.05) is 5.56 Å². The van der Waals surface area contributed by atoms with Crippen LogP contribution in [0.4, 0.5) is 0 Å². The van der Waals surface area contributed by atoms with Crippen LogP contribution >= 0.6 is 0 Å². The molecule has 1 aromatic heterocycles. The normalized spacial score (nSPS) is 11.3. The average Bonchev–Trinajstić information content (AvgIpc) is 3.11. The number of H-pyrrole nitrogens is 1. The summed E-state index contributed by atoms with van der Waals surface area (Å²) >= 11 is 0. The van der Waals surface area contributed by atoms with E-state index in [4.69, 9.17) is 0 Å². The fourth-order valence-electron chi connectivity index (χ4n) is 2.25. The lowest BCUT2D eigenvalue weighted by molar-refractivity contribution is 0.0950. The number of aromatic amines is 1. The van der Waals surface area contributed by atoms with E-state index in [1.807, 2.05) is 68.4 Å². The average molecular weight is 318 g/mol. The number of amides is 1. The lowest BCUT2D eigenvalue weighted by Crippen LogP contribution is -2.19. The van der Waals surface area contributed by atoms with E-state index in [2.05, 4.69) is 20.7 Å². The summed E-state index contributed by atoms with van der Waals surface area (Å²) in [7, 11) is 0. The van der Waals surface area contributed by atoms with Crippen LogP contribution in [0, 0.1) is 6.92 Å². The largest absolute Gasteiger partial charge is 0.289 e. The van der Waals surface area contributed by atoms with Gasteiger partial charge in [0.05, 0.1) is 11.4 Å². The van der Waals surface area contributed by atoms with Crippen molar-refractivity contribution in [2.45, 2.75) is 13.8 Å². The fourth-order valence-corrected chi connectivity index (χ4v) is 2.25. The van der Waals surface area contributed by atoms with Gasteiger partial charge in [0.25, 0.3) is 5.91 Å². The summed E-state index contributed by atoms with van der Waals surface area (Å²) in [4.78, 5) is 12.2. The van der Waals surface area contributed by atoms with Crippen molar-refractivity contribution in [2.75, 3.05) is 0 Å². The Morgan fingerprint density at radius 3 is 2.50 bits per heavy atom. The second kappa shape index (κ2) is 6.91. The van der Waals surface area contributed by atoms with Gasteiger partial charge in [-0.2, -0.15) is 10.2 Å². The molecule has 0 saturated carbocycles. The van der Waals surface area contributed by atoms with Crippen LogP contribution in [0.25, 0.3) is 11.3 Å². The number of aryl methyl sites for hydroxylation is 1. The maximum absolute atomic E-state index is 12.2. The molecule has 0 fully saturated rings. The number of carbonyl (C=O) groups excluding carboxylic acids is 1. The molecule has 0 radical (unpaired) electrons. The Hall–Kier alpha value is -3.21. The Morgan fingerprint density at radius 1 is 1.08 bits per heavy atom. The second-order valence-electron chi connectivity index (χ2n) is 5.54. The van der Waals surface area contributed by atoms with Gasteiger partial charge in [-0.05, 0) is 25.5 Å². The molecule has 5 nitrogen and oxygen atoms in total. The third-order valence-corrected chi connectivity index (χ3v) is 3.69. The number of aromatic nitrogens is 2. The van der Waals surface area contributed by atoms with E-state index in [1.165, 1.54) is 5.56 Å². The minimum absolute atomic E-state index is 0.323. The fraction of sp³-hybridized carbons (Fsp3) is 0.105. The van der Waals surface area contributed by atoms with Gasteiger partial charge in [-0.1, -0.05) is 60.2 Å². The highest BCUT2D eigenvalue weighted by molar-refractivity contribution is 6.00. The highest BCUT2D eigenvalue weighted by Gasteiger charge is 2.10. The summed E-state index contributed by atoms with van der Waals surface area (Å²) in [6.07, 6.45) is 0. The van der Waals surface area contributed by atoms with Crippen LogP contribution in [0.3, 0.4) is 0 Å². The molecule has 0 atom stereocenters. The van der Waals surface area contributed by atoms with Gasteiger partial charge < -0.3 is 0 Å². The zero-order valence-electron chi connectivity index (χ0n) is 13.6. The molecule has 0 bridgehead atoms. The lowest BCUT2D eigenvalue weighted by atomic mass is 10.1. The highest BCUT2D eigenvalue weighted by atomic mass is 16.2. The van der Waals surface area contributed by atoms with Gasteiger partial charge in [-0.25, -0.2) is 5.43 Å². The molecule has 0 aliphatic rings. The molecule has 0 aliphatic heterocycles. The molecular formula is C19H18N4O. The Kier molecular flexibility index (Phi) is 4.52. The van der Waals surface area contributed by atoms with Crippen molar-refractivity contribution in [3.63, 3.8) is 0 Å². The number of hydrogen-bond donors (Lipinski definition) is 2. The summed E-state index contributed by atoms with van der Waals surface area (Å²) in [5.41, 5.74) is 7.48. The van der Waals surface area contributed by atoms with E-state index in [0.717, 1.165) is 22.5 Å². The van der Waals surface area contributed by atoms with Gasteiger partial charge in [-0.3, -0.25) is 9.89 Å². The standard InChI is InChI=1S/C19H18N4O/c1-13-8-10-16(11-9-13)17-12-18(22-21-17)19(24)23-20-14(2)15-6-4-3-5-7-15/h3-12H,1-2H3,(H,21,22)(H,23,24)/b20-14+. The van der Waals surface area contributed by atoms with Crippen molar-refractivity contribution in [3.05, 3.63) is 77.5 Å². The monoisotopic (exact) mass is 318 g/mol.